The number of ether oxygens (including phenoxy) is 2. The maximum Gasteiger partial charge on any atom is 0.167 e. The first kappa shape index (κ1) is 13.5. The number of halogens is 1. The molecule has 1 aliphatic heterocycles. The van der Waals surface area contributed by atoms with E-state index in [2.05, 4.69) is 0 Å². The lowest BCUT2D eigenvalue weighted by Gasteiger charge is -2.32. The van der Waals surface area contributed by atoms with Crippen LogP contribution >= 0.6 is 11.6 Å². The van der Waals surface area contributed by atoms with Crippen molar-refractivity contribution in [3.05, 3.63) is 60.2 Å². The molecule has 0 aliphatic carbocycles. The largest absolute Gasteiger partial charge is 0.457 e. The van der Waals surface area contributed by atoms with Gasteiger partial charge in [-0.1, -0.05) is 41.9 Å². The molecule has 0 spiro atoms. The van der Waals surface area contributed by atoms with Crippen LogP contribution in [0, 0.1) is 0 Å². The summed E-state index contributed by atoms with van der Waals surface area (Å²) in [6.45, 7) is 0.716. The summed E-state index contributed by atoms with van der Waals surface area (Å²) in [5.74, 6) is 1.60. The summed E-state index contributed by atoms with van der Waals surface area (Å²) in [5, 5.41) is -0.700. The molecule has 0 aromatic heterocycles. The summed E-state index contributed by atoms with van der Waals surface area (Å²) < 4.78 is 11.6. The highest BCUT2D eigenvalue weighted by molar-refractivity contribution is 6.23. The van der Waals surface area contributed by atoms with Crippen LogP contribution in [-0.4, -0.2) is 6.61 Å². The highest BCUT2D eigenvalue weighted by Crippen LogP contribution is 2.40. The molecule has 0 bridgehead atoms. The number of hydrogen-bond acceptors (Lipinski definition) is 2. The Labute approximate surface area is 124 Å². The van der Waals surface area contributed by atoms with Crippen molar-refractivity contribution in [1.29, 1.82) is 0 Å². The van der Waals surface area contributed by atoms with Gasteiger partial charge in [0.1, 0.15) is 11.5 Å². The summed E-state index contributed by atoms with van der Waals surface area (Å²) >= 11 is 6.60. The highest BCUT2D eigenvalue weighted by atomic mass is 35.5. The molecule has 104 valence electrons. The van der Waals surface area contributed by atoms with Gasteiger partial charge in [-0.25, -0.2) is 0 Å². The Morgan fingerprint density at radius 3 is 2.50 bits per heavy atom. The van der Waals surface area contributed by atoms with E-state index in [0.29, 0.717) is 6.61 Å². The summed E-state index contributed by atoms with van der Waals surface area (Å²) in [6.07, 6.45) is 3.01. The Kier molecular flexibility index (Phi) is 3.95. The van der Waals surface area contributed by atoms with Gasteiger partial charge in [0.2, 0.25) is 0 Å². The lowest BCUT2D eigenvalue weighted by molar-refractivity contribution is -0.0204. The van der Waals surface area contributed by atoms with Crippen molar-refractivity contribution in [3.63, 3.8) is 0 Å². The van der Waals surface area contributed by atoms with Gasteiger partial charge in [0.15, 0.2) is 5.06 Å². The SMILES string of the molecule is ClC1(c2cccc(Oc3ccccc3)c2)CCCCO1. The van der Waals surface area contributed by atoms with Crippen LogP contribution in [-0.2, 0) is 9.80 Å². The van der Waals surface area contributed by atoms with Gasteiger partial charge in [-0.05, 0) is 43.5 Å². The topological polar surface area (TPSA) is 18.5 Å². The molecule has 1 fully saturated rings. The molecule has 3 rings (SSSR count). The van der Waals surface area contributed by atoms with E-state index in [1.54, 1.807) is 0 Å². The average molecular weight is 289 g/mol. The first-order valence-electron chi connectivity index (χ1n) is 6.93. The van der Waals surface area contributed by atoms with Crippen LogP contribution in [0.25, 0.3) is 0 Å². The normalized spacial score (nSPS) is 22.4. The lowest BCUT2D eigenvalue weighted by Crippen LogP contribution is -2.27. The van der Waals surface area contributed by atoms with Gasteiger partial charge in [-0.15, -0.1) is 0 Å². The third-order valence-electron chi connectivity index (χ3n) is 3.47. The Bertz CT molecular complexity index is 562. The van der Waals surface area contributed by atoms with Crippen LogP contribution in [0.3, 0.4) is 0 Å². The Hall–Kier alpha value is -1.51. The molecule has 2 aromatic rings. The second kappa shape index (κ2) is 5.86. The van der Waals surface area contributed by atoms with Gasteiger partial charge in [0, 0.05) is 12.2 Å². The van der Waals surface area contributed by atoms with Crippen molar-refractivity contribution in [2.45, 2.75) is 24.3 Å². The Balaban J connectivity index is 1.82. The van der Waals surface area contributed by atoms with Gasteiger partial charge < -0.3 is 9.47 Å². The molecule has 0 saturated carbocycles. The number of rotatable bonds is 3. The van der Waals surface area contributed by atoms with Gasteiger partial charge in [-0.2, -0.15) is 0 Å². The van der Waals surface area contributed by atoms with E-state index in [1.807, 2.05) is 54.6 Å². The average Bonchev–Trinajstić information content (AvgIpc) is 2.49. The van der Waals surface area contributed by atoms with Gasteiger partial charge in [0.25, 0.3) is 0 Å². The smallest absolute Gasteiger partial charge is 0.167 e. The number of para-hydroxylation sites is 1. The zero-order valence-electron chi connectivity index (χ0n) is 11.2. The van der Waals surface area contributed by atoms with E-state index in [4.69, 9.17) is 21.1 Å². The molecule has 20 heavy (non-hydrogen) atoms. The molecule has 1 unspecified atom stereocenters. The van der Waals surface area contributed by atoms with E-state index in [-0.39, 0.29) is 0 Å². The standard InChI is InChI=1S/C17H17ClO2/c18-17(11-4-5-12-19-17)14-7-6-10-16(13-14)20-15-8-2-1-3-9-15/h1-3,6-10,13H,4-5,11-12H2. The first-order valence-corrected chi connectivity index (χ1v) is 7.30. The van der Waals surface area contributed by atoms with Crippen molar-refractivity contribution < 1.29 is 9.47 Å². The molecule has 1 atom stereocenters. The third-order valence-corrected chi connectivity index (χ3v) is 3.98. The minimum atomic E-state index is -0.700. The van der Waals surface area contributed by atoms with Crippen molar-refractivity contribution in [1.82, 2.24) is 0 Å². The van der Waals surface area contributed by atoms with Crippen LogP contribution in [0.1, 0.15) is 24.8 Å². The lowest BCUT2D eigenvalue weighted by atomic mass is 10.0. The fourth-order valence-electron chi connectivity index (χ4n) is 2.40. The number of benzene rings is 2. The monoisotopic (exact) mass is 288 g/mol. The van der Waals surface area contributed by atoms with E-state index in [1.165, 1.54) is 0 Å². The zero-order valence-corrected chi connectivity index (χ0v) is 12.0. The molecule has 0 radical (unpaired) electrons. The highest BCUT2D eigenvalue weighted by Gasteiger charge is 2.32. The van der Waals surface area contributed by atoms with Crippen LogP contribution in [0.15, 0.2) is 54.6 Å². The third kappa shape index (κ3) is 2.97. The van der Waals surface area contributed by atoms with Crippen LogP contribution < -0.4 is 4.74 Å². The van der Waals surface area contributed by atoms with E-state index >= 15 is 0 Å². The zero-order chi connectivity index (χ0) is 13.8. The first-order chi connectivity index (χ1) is 9.76. The molecule has 0 amide bonds. The van der Waals surface area contributed by atoms with Crippen LogP contribution in [0.5, 0.6) is 11.5 Å². The second-order valence-electron chi connectivity index (χ2n) is 4.98. The van der Waals surface area contributed by atoms with E-state index in [9.17, 15) is 0 Å². The van der Waals surface area contributed by atoms with Gasteiger partial charge in [-0.3, -0.25) is 0 Å². The quantitative estimate of drug-likeness (QED) is 0.734. The van der Waals surface area contributed by atoms with Crippen LogP contribution in [0.4, 0.5) is 0 Å². The predicted molar refractivity (Wildman–Crippen MR) is 80.3 cm³/mol. The summed E-state index contributed by atoms with van der Waals surface area (Å²) in [4.78, 5) is 0. The predicted octanol–water partition coefficient (Wildman–Crippen LogP) is 5.07. The molecule has 2 aromatic carbocycles. The molecular weight excluding hydrogens is 272 g/mol. The summed E-state index contributed by atoms with van der Waals surface area (Å²) in [5.41, 5.74) is 0.965. The Morgan fingerprint density at radius 2 is 1.75 bits per heavy atom. The summed E-state index contributed by atoms with van der Waals surface area (Å²) in [7, 11) is 0. The second-order valence-corrected chi connectivity index (χ2v) is 5.59. The van der Waals surface area contributed by atoms with Gasteiger partial charge in [0.05, 0.1) is 0 Å². The van der Waals surface area contributed by atoms with E-state index < -0.39 is 5.06 Å². The summed E-state index contributed by atoms with van der Waals surface area (Å²) in [6, 6.07) is 17.6. The van der Waals surface area contributed by atoms with Crippen molar-refractivity contribution in [2.24, 2.45) is 0 Å². The van der Waals surface area contributed by atoms with E-state index in [0.717, 1.165) is 36.3 Å². The molecule has 0 N–H and O–H groups in total. The maximum atomic E-state index is 6.60. The molecule has 2 nitrogen and oxygen atoms in total. The maximum absolute atomic E-state index is 6.60. The fourth-order valence-corrected chi connectivity index (χ4v) is 2.73. The Morgan fingerprint density at radius 1 is 0.950 bits per heavy atom. The van der Waals surface area contributed by atoms with Crippen molar-refractivity contribution in [2.75, 3.05) is 6.61 Å². The number of alkyl halides is 1. The number of hydrogen-bond donors (Lipinski definition) is 0. The van der Waals surface area contributed by atoms with Crippen molar-refractivity contribution >= 4 is 11.6 Å². The minimum absolute atomic E-state index is 0.700. The molecule has 1 heterocycles. The van der Waals surface area contributed by atoms with Crippen molar-refractivity contribution in [3.8, 4) is 11.5 Å². The molecule has 3 heteroatoms. The fraction of sp³-hybridized carbons (Fsp3) is 0.294. The minimum Gasteiger partial charge on any atom is -0.457 e. The van der Waals surface area contributed by atoms with Gasteiger partial charge >= 0.3 is 0 Å². The molecule has 1 aliphatic rings. The molecular formula is C17H17ClO2. The van der Waals surface area contributed by atoms with Crippen LogP contribution in [0.2, 0.25) is 0 Å². The molecule has 1 saturated heterocycles.